The van der Waals surface area contributed by atoms with E-state index in [9.17, 15) is 0 Å². The highest BCUT2D eigenvalue weighted by Crippen LogP contribution is 2.50. The highest BCUT2D eigenvalue weighted by molar-refractivity contribution is 5.33. The molecule has 1 saturated carbocycles. The van der Waals surface area contributed by atoms with Crippen LogP contribution in [0.5, 0.6) is 0 Å². The van der Waals surface area contributed by atoms with Gasteiger partial charge in [0.15, 0.2) is 0 Å². The van der Waals surface area contributed by atoms with Crippen LogP contribution in [-0.2, 0) is 5.41 Å². The molecule has 0 aromatic heterocycles. The Labute approximate surface area is 84.7 Å². The topological polar surface area (TPSA) is 46.2 Å². The van der Waals surface area contributed by atoms with Gasteiger partial charge in [0.1, 0.15) is 0 Å². The van der Waals surface area contributed by atoms with Crippen LogP contribution in [0.15, 0.2) is 30.3 Å². The van der Waals surface area contributed by atoms with E-state index in [1.165, 1.54) is 5.56 Å². The minimum absolute atomic E-state index is 0.106. The van der Waals surface area contributed by atoms with Gasteiger partial charge in [-0.2, -0.15) is 0 Å². The molecule has 14 heavy (non-hydrogen) atoms. The number of hydrogen-bond acceptors (Lipinski definition) is 2. The quantitative estimate of drug-likeness (QED) is 0.756. The zero-order valence-corrected chi connectivity index (χ0v) is 8.32. The molecule has 1 aliphatic rings. The fourth-order valence-electron chi connectivity index (χ4n) is 2.19. The van der Waals surface area contributed by atoms with Gasteiger partial charge >= 0.3 is 0 Å². The lowest BCUT2D eigenvalue weighted by molar-refractivity contribution is 0.264. The van der Waals surface area contributed by atoms with Crippen molar-refractivity contribution in [3.63, 3.8) is 0 Å². The molecule has 0 bridgehead atoms. The van der Waals surface area contributed by atoms with E-state index >= 15 is 0 Å². The Morgan fingerprint density at radius 1 is 1.29 bits per heavy atom. The summed E-state index contributed by atoms with van der Waals surface area (Å²) < 4.78 is 0. The highest BCUT2D eigenvalue weighted by Gasteiger charge is 2.48. The Morgan fingerprint density at radius 2 is 1.93 bits per heavy atom. The number of aliphatic hydroxyl groups excluding tert-OH is 1. The van der Waals surface area contributed by atoms with Gasteiger partial charge in [-0.1, -0.05) is 30.3 Å². The largest absolute Gasteiger partial charge is 0.396 e. The second-order valence-electron chi connectivity index (χ2n) is 4.14. The SMILES string of the molecule is NC(CCO)C1(c2ccccc2)CC1. The first-order valence-electron chi connectivity index (χ1n) is 5.21. The third kappa shape index (κ3) is 1.56. The van der Waals surface area contributed by atoms with Crippen molar-refractivity contribution >= 4 is 0 Å². The number of aliphatic hydroxyl groups is 1. The summed E-state index contributed by atoms with van der Waals surface area (Å²) in [6.07, 6.45) is 3.03. The molecule has 0 heterocycles. The van der Waals surface area contributed by atoms with Crippen molar-refractivity contribution in [1.29, 1.82) is 0 Å². The minimum atomic E-state index is 0.106. The van der Waals surface area contributed by atoms with Crippen LogP contribution < -0.4 is 5.73 Å². The molecule has 1 aromatic rings. The molecule has 0 spiro atoms. The Hall–Kier alpha value is -0.860. The summed E-state index contributed by atoms with van der Waals surface area (Å²) in [6.45, 7) is 0.190. The summed E-state index contributed by atoms with van der Waals surface area (Å²) in [5.74, 6) is 0. The van der Waals surface area contributed by atoms with Crippen LogP contribution in [-0.4, -0.2) is 17.8 Å². The maximum Gasteiger partial charge on any atom is 0.0446 e. The molecule has 2 rings (SSSR count). The summed E-state index contributed by atoms with van der Waals surface area (Å²) in [5, 5.41) is 8.89. The number of benzene rings is 1. The number of rotatable bonds is 4. The lowest BCUT2D eigenvalue weighted by Gasteiger charge is -2.23. The summed E-state index contributed by atoms with van der Waals surface area (Å²) in [5.41, 5.74) is 7.60. The van der Waals surface area contributed by atoms with Gasteiger partial charge in [0, 0.05) is 18.1 Å². The number of nitrogens with two attached hydrogens (primary N) is 1. The molecule has 1 fully saturated rings. The summed E-state index contributed by atoms with van der Waals surface area (Å²) in [4.78, 5) is 0. The van der Waals surface area contributed by atoms with Crippen LogP contribution in [0, 0.1) is 0 Å². The van der Waals surface area contributed by atoms with E-state index < -0.39 is 0 Å². The molecule has 2 heteroatoms. The van der Waals surface area contributed by atoms with Crippen LogP contribution in [0.3, 0.4) is 0 Å². The predicted octanol–water partition coefficient (Wildman–Crippen LogP) is 1.43. The molecule has 1 aromatic carbocycles. The van der Waals surface area contributed by atoms with E-state index in [-0.39, 0.29) is 18.1 Å². The molecule has 1 aliphatic carbocycles. The van der Waals surface area contributed by atoms with Gasteiger partial charge in [-0.3, -0.25) is 0 Å². The monoisotopic (exact) mass is 191 g/mol. The molecule has 3 N–H and O–H groups in total. The second-order valence-corrected chi connectivity index (χ2v) is 4.14. The zero-order valence-electron chi connectivity index (χ0n) is 8.32. The molecule has 76 valence electrons. The van der Waals surface area contributed by atoms with Crippen LogP contribution in [0.1, 0.15) is 24.8 Å². The van der Waals surface area contributed by atoms with Crippen molar-refractivity contribution in [2.75, 3.05) is 6.61 Å². The van der Waals surface area contributed by atoms with Gasteiger partial charge < -0.3 is 10.8 Å². The van der Waals surface area contributed by atoms with E-state index in [0.29, 0.717) is 6.42 Å². The van der Waals surface area contributed by atoms with Crippen molar-refractivity contribution in [1.82, 2.24) is 0 Å². The van der Waals surface area contributed by atoms with Crippen molar-refractivity contribution in [3.8, 4) is 0 Å². The Kier molecular flexibility index (Phi) is 2.57. The van der Waals surface area contributed by atoms with E-state index in [1.54, 1.807) is 0 Å². The molecule has 1 unspecified atom stereocenters. The first-order chi connectivity index (χ1) is 6.79. The fraction of sp³-hybridized carbons (Fsp3) is 0.500. The molecular weight excluding hydrogens is 174 g/mol. The molecule has 1 atom stereocenters. The minimum Gasteiger partial charge on any atom is -0.396 e. The average molecular weight is 191 g/mol. The van der Waals surface area contributed by atoms with Crippen molar-refractivity contribution in [2.24, 2.45) is 5.73 Å². The fourth-order valence-corrected chi connectivity index (χ4v) is 2.19. The van der Waals surface area contributed by atoms with Crippen molar-refractivity contribution in [3.05, 3.63) is 35.9 Å². The van der Waals surface area contributed by atoms with Gasteiger partial charge in [-0.25, -0.2) is 0 Å². The summed E-state index contributed by atoms with van der Waals surface area (Å²) in [6, 6.07) is 10.5. The van der Waals surface area contributed by atoms with E-state index in [0.717, 1.165) is 12.8 Å². The Balaban J connectivity index is 2.17. The molecular formula is C12H17NO. The molecule has 2 nitrogen and oxygen atoms in total. The normalized spacial score (nSPS) is 20.4. The Morgan fingerprint density at radius 3 is 2.43 bits per heavy atom. The van der Waals surface area contributed by atoms with E-state index in [2.05, 4.69) is 24.3 Å². The first kappa shape index (κ1) is 9.69. The third-order valence-electron chi connectivity index (χ3n) is 3.29. The van der Waals surface area contributed by atoms with Crippen LogP contribution >= 0.6 is 0 Å². The molecule has 0 amide bonds. The highest BCUT2D eigenvalue weighted by atomic mass is 16.3. The number of hydrogen-bond donors (Lipinski definition) is 2. The lowest BCUT2D eigenvalue weighted by Crippen LogP contribution is -2.35. The standard InChI is InChI=1S/C12H17NO/c13-11(6-9-14)12(7-8-12)10-4-2-1-3-5-10/h1-5,11,14H,6-9,13H2. The zero-order chi connectivity index (χ0) is 10.0. The van der Waals surface area contributed by atoms with Gasteiger partial charge in [0.2, 0.25) is 0 Å². The summed E-state index contributed by atoms with van der Waals surface area (Å²) >= 11 is 0. The predicted molar refractivity (Wildman–Crippen MR) is 57.0 cm³/mol. The van der Waals surface area contributed by atoms with Crippen molar-refractivity contribution in [2.45, 2.75) is 30.7 Å². The maximum atomic E-state index is 8.89. The second kappa shape index (κ2) is 3.71. The molecule has 0 aliphatic heterocycles. The van der Waals surface area contributed by atoms with Crippen LogP contribution in [0.2, 0.25) is 0 Å². The molecule has 0 saturated heterocycles. The summed E-state index contributed by atoms with van der Waals surface area (Å²) in [7, 11) is 0. The van der Waals surface area contributed by atoms with Crippen LogP contribution in [0.4, 0.5) is 0 Å². The average Bonchev–Trinajstić information content (AvgIpc) is 3.00. The third-order valence-corrected chi connectivity index (χ3v) is 3.29. The van der Waals surface area contributed by atoms with E-state index in [4.69, 9.17) is 10.8 Å². The van der Waals surface area contributed by atoms with E-state index in [1.807, 2.05) is 6.07 Å². The van der Waals surface area contributed by atoms with Crippen molar-refractivity contribution < 1.29 is 5.11 Å². The molecule has 0 radical (unpaired) electrons. The van der Waals surface area contributed by atoms with Gasteiger partial charge in [-0.15, -0.1) is 0 Å². The van der Waals surface area contributed by atoms with Gasteiger partial charge in [0.05, 0.1) is 0 Å². The van der Waals surface area contributed by atoms with Gasteiger partial charge in [-0.05, 0) is 24.8 Å². The van der Waals surface area contributed by atoms with Crippen LogP contribution in [0.25, 0.3) is 0 Å². The maximum absolute atomic E-state index is 8.89. The Bertz CT molecular complexity index is 292. The van der Waals surface area contributed by atoms with Gasteiger partial charge in [0.25, 0.3) is 0 Å². The first-order valence-corrected chi connectivity index (χ1v) is 5.21. The smallest absolute Gasteiger partial charge is 0.0446 e. The lowest BCUT2D eigenvalue weighted by atomic mass is 9.87.